The smallest absolute Gasteiger partial charge is 0.350 e. The summed E-state index contributed by atoms with van der Waals surface area (Å²) < 4.78 is 3.28. The second-order valence-electron chi connectivity index (χ2n) is 3.38. The summed E-state index contributed by atoms with van der Waals surface area (Å²) in [5.74, 6) is -0.604. The number of rotatable bonds is 3. The Kier molecular flexibility index (Phi) is 3.10. The van der Waals surface area contributed by atoms with Crippen molar-refractivity contribution in [2.75, 3.05) is 0 Å². The monoisotopic (exact) mass is 296 g/mol. The van der Waals surface area contributed by atoms with Crippen LogP contribution in [0.25, 0.3) is 5.69 Å². The second kappa shape index (κ2) is 4.54. The Morgan fingerprint density at radius 2 is 2.00 bits per heavy atom. The molecule has 0 unspecified atom stereocenters. The summed E-state index contributed by atoms with van der Waals surface area (Å²) in [4.78, 5) is 22.6. The third kappa shape index (κ3) is 2.44. The van der Waals surface area contributed by atoms with E-state index in [1.165, 1.54) is 10.9 Å². The zero-order valence-corrected chi connectivity index (χ0v) is 10.3. The largest absolute Gasteiger partial charge is 0.368 e. The number of primary amides is 1. The number of benzene rings is 1. The average molecular weight is 297 g/mol. The Labute approximate surface area is 105 Å². The predicted octanol–water partition coefficient (Wildman–Crippen LogP) is 0.282. The lowest BCUT2D eigenvalue weighted by Gasteiger charge is -1.99. The zero-order valence-electron chi connectivity index (χ0n) is 8.71. The number of carbonyl (C=O) groups excluding carboxylic acids is 1. The van der Waals surface area contributed by atoms with E-state index in [0.717, 1.165) is 9.15 Å². The van der Waals surface area contributed by atoms with Crippen molar-refractivity contribution in [2.45, 2.75) is 6.54 Å². The van der Waals surface area contributed by atoms with Gasteiger partial charge in [-0.2, -0.15) is 5.10 Å². The van der Waals surface area contributed by atoms with E-state index in [-0.39, 0.29) is 6.54 Å². The van der Waals surface area contributed by atoms with E-state index in [4.69, 9.17) is 5.73 Å². The van der Waals surface area contributed by atoms with Crippen LogP contribution in [0.15, 0.2) is 39.9 Å². The van der Waals surface area contributed by atoms with E-state index in [1.54, 1.807) is 12.1 Å². The summed E-state index contributed by atoms with van der Waals surface area (Å²) in [6.45, 7) is -0.220. The minimum absolute atomic E-state index is 0.220. The quantitative estimate of drug-likeness (QED) is 0.883. The molecule has 0 fully saturated rings. The van der Waals surface area contributed by atoms with E-state index in [1.807, 2.05) is 12.1 Å². The average Bonchev–Trinajstić information content (AvgIpc) is 2.61. The lowest BCUT2D eigenvalue weighted by Crippen LogP contribution is -2.29. The molecule has 0 aliphatic carbocycles. The van der Waals surface area contributed by atoms with Crippen LogP contribution in [0.3, 0.4) is 0 Å². The standard InChI is InChI=1S/C10H9BrN4O2/c11-7-1-3-8(4-2-7)14-6-13-15(10(14)17)5-9(12)16/h1-4,6H,5H2,(H2,12,16). The Hall–Kier alpha value is -1.89. The van der Waals surface area contributed by atoms with Crippen LogP contribution in [0.1, 0.15) is 0 Å². The topological polar surface area (TPSA) is 82.9 Å². The molecule has 0 bridgehead atoms. The maximum atomic E-state index is 11.8. The number of hydrogen-bond donors (Lipinski definition) is 1. The van der Waals surface area contributed by atoms with E-state index in [9.17, 15) is 9.59 Å². The van der Waals surface area contributed by atoms with Crippen LogP contribution in [0, 0.1) is 0 Å². The van der Waals surface area contributed by atoms with Gasteiger partial charge < -0.3 is 5.73 Å². The Bertz CT molecular complexity index is 600. The van der Waals surface area contributed by atoms with E-state index in [2.05, 4.69) is 21.0 Å². The molecular formula is C10H9BrN4O2. The number of aromatic nitrogens is 3. The molecule has 0 saturated heterocycles. The molecule has 0 saturated carbocycles. The van der Waals surface area contributed by atoms with Crippen molar-refractivity contribution in [2.24, 2.45) is 5.73 Å². The lowest BCUT2D eigenvalue weighted by atomic mass is 10.3. The molecule has 2 rings (SSSR count). The fourth-order valence-electron chi connectivity index (χ4n) is 1.37. The predicted molar refractivity (Wildman–Crippen MR) is 64.7 cm³/mol. The van der Waals surface area contributed by atoms with Crippen molar-refractivity contribution >= 4 is 21.8 Å². The van der Waals surface area contributed by atoms with Gasteiger partial charge >= 0.3 is 5.69 Å². The highest BCUT2D eigenvalue weighted by molar-refractivity contribution is 9.10. The van der Waals surface area contributed by atoms with Gasteiger partial charge in [-0.3, -0.25) is 4.79 Å². The van der Waals surface area contributed by atoms with Crippen LogP contribution in [0.2, 0.25) is 0 Å². The normalized spacial score (nSPS) is 10.4. The maximum Gasteiger partial charge on any atom is 0.350 e. The number of amides is 1. The third-order valence-corrected chi connectivity index (χ3v) is 2.67. The third-order valence-electron chi connectivity index (χ3n) is 2.14. The van der Waals surface area contributed by atoms with Crippen LogP contribution >= 0.6 is 15.9 Å². The van der Waals surface area contributed by atoms with Crippen molar-refractivity contribution in [1.82, 2.24) is 14.3 Å². The number of nitrogens with zero attached hydrogens (tertiary/aromatic N) is 3. The highest BCUT2D eigenvalue weighted by Crippen LogP contribution is 2.12. The molecule has 0 spiro atoms. The van der Waals surface area contributed by atoms with Gasteiger partial charge in [-0.15, -0.1) is 0 Å². The van der Waals surface area contributed by atoms with E-state index < -0.39 is 11.6 Å². The molecule has 1 heterocycles. The molecule has 2 N–H and O–H groups in total. The first kappa shape index (κ1) is 11.6. The van der Waals surface area contributed by atoms with Gasteiger partial charge in [0.25, 0.3) is 0 Å². The first-order chi connectivity index (χ1) is 8.08. The fraction of sp³-hybridized carbons (Fsp3) is 0.100. The molecular weight excluding hydrogens is 288 g/mol. The van der Waals surface area contributed by atoms with Crippen molar-refractivity contribution < 1.29 is 4.79 Å². The minimum atomic E-state index is -0.604. The molecule has 0 aliphatic rings. The van der Waals surface area contributed by atoms with Gasteiger partial charge in [0.2, 0.25) is 5.91 Å². The molecule has 0 atom stereocenters. The van der Waals surface area contributed by atoms with Crippen LogP contribution in [-0.4, -0.2) is 20.3 Å². The second-order valence-corrected chi connectivity index (χ2v) is 4.30. The summed E-state index contributed by atoms with van der Waals surface area (Å²) in [5, 5.41) is 3.81. The molecule has 17 heavy (non-hydrogen) atoms. The molecule has 0 radical (unpaired) electrons. The molecule has 2 aromatic rings. The summed E-state index contributed by atoms with van der Waals surface area (Å²) in [6, 6.07) is 7.16. The van der Waals surface area contributed by atoms with Crippen LogP contribution in [0.4, 0.5) is 0 Å². The van der Waals surface area contributed by atoms with Gasteiger partial charge in [0.15, 0.2) is 0 Å². The molecule has 7 heteroatoms. The Balaban J connectivity index is 2.40. The van der Waals surface area contributed by atoms with Gasteiger partial charge in [0.05, 0.1) is 5.69 Å². The zero-order chi connectivity index (χ0) is 12.4. The van der Waals surface area contributed by atoms with Crippen molar-refractivity contribution in [3.05, 3.63) is 45.5 Å². The summed E-state index contributed by atoms with van der Waals surface area (Å²) in [5.41, 5.74) is 5.28. The van der Waals surface area contributed by atoms with Crippen molar-refractivity contribution in [1.29, 1.82) is 0 Å². The van der Waals surface area contributed by atoms with Crippen molar-refractivity contribution in [3.8, 4) is 5.69 Å². The van der Waals surface area contributed by atoms with Crippen molar-refractivity contribution in [3.63, 3.8) is 0 Å². The van der Waals surface area contributed by atoms with Gasteiger partial charge in [-0.05, 0) is 24.3 Å². The fourth-order valence-corrected chi connectivity index (χ4v) is 1.64. The van der Waals surface area contributed by atoms with E-state index >= 15 is 0 Å². The molecule has 88 valence electrons. The molecule has 0 aliphatic heterocycles. The first-order valence-electron chi connectivity index (χ1n) is 4.76. The highest BCUT2D eigenvalue weighted by atomic mass is 79.9. The van der Waals surface area contributed by atoms with Gasteiger partial charge in [-0.25, -0.2) is 14.0 Å². The molecule has 1 amide bonds. The lowest BCUT2D eigenvalue weighted by molar-refractivity contribution is -0.118. The Morgan fingerprint density at radius 3 is 2.59 bits per heavy atom. The number of nitrogens with two attached hydrogens (primary N) is 1. The van der Waals surface area contributed by atoms with Crippen LogP contribution in [-0.2, 0) is 11.3 Å². The van der Waals surface area contributed by atoms with Crippen LogP contribution in [0.5, 0.6) is 0 Å². The summed E-state index contributed by atoms with van der Waals surface area (Å²) >= 11 is 3.31. The van der Waals surface area contributed by atoms with Gasteiger partial charge in [-0.1, -0.05) is 15.9 Å². The SMILES string of the molecule is NC(=O)Cn1ncn(-c2ccc(Br)cc2)c1=O. The van der Waals surface area contributed by atoms with Gasteiger partial charge in [0.1, 0.15) is 12.9 Å². The first-order valence-corrected chi connectivity index (χ1v) is 5.56. The van der Waals surface area contributed by atoms with E-state index in [0.29, 0.717) is 5.69 Å². The number of carbonyl (C=O) groups is 1. The molecule has 1 aromatic heterocycles. The van der Waals surface area contributed by atoms with Crippen LogP contribution < -0.4 is 11.4 Å². The highest BCUT2D eigenvalue weighted by Gasteiger charge is 2.08. The van der Waals surface area contributed by atoms with Gasteiger partial charge in [0, 0.05) is 4.47 Å². The maximum absolute atomic E-state index is 11.8. The Morgan fingerprint density at radius 1 is 1.35 bits per heavy atom. The molecule has 6 nitrogen and oxygen atoms in total. The minimum Gasteiger partial charge on any atom is -0.368 e. The number of halogens is 1. The summed E-state index contributed by atoms with van der Waals surface area (Å²) in [7, 11) is 0. The number of hydrogen-bond acceptors (Lipinski definition) is 3. The summed E-state index contributed by atoms with van der Waals surface area (Å²) in [6.07, 6.45) is 1.36. The molecule has 1 aromatic carbocycles.